The van der Waals surface area contributed by atoms with Gasteiger partial charge in [-0.3, -0.25) is 9.69 Å². The molecule has 0 saturated carbocycles. The van der Waals surface area contributed by atoms with Crippen LogP contribution in [0.15, 0.2) is 77.7 Å². The molecule has 0 unspecified atom stereocenters. The molecule has 1 fully saturated rings. The van der Waals surface area contributed by atoms with Crippen molar-refractivity contribution in [3.05, 3.63) is 101 Å². The molecule has 1 saturated heterocycles. The summed E-state index contributed by atoms with van der Waals surface area (Å²) in [7, 11) is 0. The summed E-state index contributed by atoms with van der Waals surface area (Å²) >= 11 is 1.81. The molecule has 32 heavy (non-hydrogen) atoms. The second kappa shape index (κ2) is 11.3. The largest absolute Gasteiger partial charge is 0.348 e. The van der Waals surface area contributed by atoms with Gasteiger partial charge in [0.25, 0.3) is 5.91 Å². The predicted octanol–water partition coefficient (Wildman–Crippen LogP) is 6.20. The van der Waals surface area contributed by atoms with E-state index in [0.29, 0.717) is 12.1 Å². The fourth-order valence-electron chi connectivity index (χ4n) is 4.05. The van der Waals surface area contributed by atoms with Crippen molar-refractivity contribution in [3.8, 4) is 0 Å². The van der Waals surface area contributed by atoms with Crippen LogP contribution in [0.1, 0.15) is 51.9 Å². The zero-order valence-electron chi connectivity index (χ0n) is 18.8. The first kappa shape index (κ1) is 22.6. The minimum Gasteiger partial charge on any atom is -0.348 e. The van der Waals surface area contributed by atoms with E-state index in [0.717, 1.165) is 17.9 Å². The summed E-state index contributed by atoms with van der Waals surface area (Å²) in [5.74, 6) is 0.874. The highest BCUT2D eigenvalue weighted by Gasteiger charge is 2.11. The highest BCUT2D eigenvalue weighted by Crippen LogP contribution is 2.23. The van der Waals surface area contributed by atoms with Crippen LogP contribution in [0.2, 0.25) is 0 Å². The van der Waals surface area contributed by atoms with E-state index in [1.165, 1.54) is 53.9 Å². The van der Waals surface area contributed by atoms with Crippen LogP contribution in [0.4, 0.5) is 0 Å². The van der Waals surface area contributed by atoms with E-state index in [4.69, 9.17) is 0 Å². The summed E-state index contributed by atoms with van der Waals surface area (Å²) in [6.07, 6.45) is 3.97. The molecular formula is C28H32N2OS. The molecule has 0 spiro atoms. The summed E-state index contributed by atoms with van der Waals surface area (Å²) in [5.41, 5.74) is 5.68. The number of aryl methyl sites for hydroxylation is 1. The molecule has 1 amide bonds. The average Bonchev–Trinajstić information content (AvgIpc) is 2.83. The number of nitrogens with one attached hydrogen (secondary N) is 1. The Morgan fingerprint density at radius 2 is 1.59 bits per heavy atom. The Hall–Kier alpha value is -2.56. The molecule has 0 atom stereocenters. The van der Waals surface area contributed by atoms with Crippen molar-refractivity contribution in [2.75, 3.05) is 13.1 Å². The van der Waals surface area contributed by atoms with Gasteiger partial charge in [-0.15, -0.1) is 11.8 Å². The number of hydrogen-bond acceptors (Lipinski definition) is 3. The lowest BCUT2D eigenvalue weighted by atomic mass is 10.1. The Morgan fingerprint density at radius 3 is 2.34 bits per heavy atom. The molecule has 0 bridgehead atoms. The Balaban J connectivity index is 1.26. The van der Waals surface area contributed by atoms with Crippen LogP contribution in [-0.4, -0.2) is 23.9 Å². The summed E-state index contributed by atoms with van der Waals surface area (Å²) in [6, 6.07) is 25.1. The molecule has 4 heteroatoms. The van der Waals surface area contributed by atoms with Gasteiger partial charge in [-0.25, -0.2) is 0 Å². The molecule has 1 N–H and O–H groups in total. The SMILES string of the molecule is Cc1ccc(SCc2ccc(C(=O)NCc3cccc(CN4CCCCC4)c3)cc2)cc1. The third-order valence-corrected chi connectivity index (χ3v) is 7.03. The monoisotopic (exact) mass is 444 g/mol. The Bertz CT molecular complexity index is 1010. The number of carbonyl (C=O) groups is 1. The molecule has 166 valence electrons. The van der Waals surface area contributed by atoms with Gasteiger partial charge in [-0.2, -0.15) is 0 Å². The number of likely N-dealkylation sites (tertiary alicyclic amines) is 1. The van der Waals surface area contributed by atoms with Crippen molar-refractivity contribution in [2.45, 2.75) is 49.9 Å². The van der Waals surface area contributed by atoms with Crippen molar-refractivity contribution in [2.24, 2.45) is 0 Å². The van der Waals surface area contributed by atoms with Crippen LogP contribution >= 0.6 is 11.8 Å². The van der Waals surface area contributed by atoms with Gasteiger partial charge < -0.3 is 5.32 Å². The van der Waals surface area contributed by atoms with Gasteiger partial charge in [-0.05, 0) is 73.8 Å². The highest BCUT2D eigenvalue weighted by atomic mass is 32.2. The highest BCUT2D eigenvalue weighted by molar-refractivity contribution is 7.98. The van der Waals surface area contributed by atoms with E-state index in [1.54, 1.807) is 0 Å². The van der Waals surface area contributed by atoms with Crippen LogP contribution in [0.25, 0.3) is 0 Å². The van der Waals surface area contributed by atoms with Gasteiger partial charge in [0.1, 0.15) is 0 Å². The normalized spacial score (nSPS) is 14.3. The second-order valence-corrected chi connectivity index (χ2v) is 9.69. The topological polar surface area (TPSA) is 32.3 Å². The lowest BCUT2D eigenvalue weighted by Gasteiger charge is -2.26. The van der Waals surface area contributed by atoms with Crippen molar-refractivity contribution in [3.63, 3.8) is 0 Å². The fourth-order valence-corrected chi connectivity index (χ4v) is 4.91. The van der Waals surface area contributed by atoms with Crippen LogP contribution in [0.3, 0.4) is 0 Å². The van der Waals surface area contributed by atoms with Crippen LogP contribution in [0, 0.1) is 6.92 Å². The molecule has 3 nitrogen and oxygen atoms in total. The number of nitrogens with zero attached hydrogens (tertiary/aromatic N) is 1. The Morgan fingerprint density at radius 1 is 0.875 bits per heavy atom. The Kier molecular flexibility index (Phi) is 8.02. The second-order valence-electron chi connectivity index (χ2n) is 8.64. The van der Waals surface area contributed by atoms with Crippen molar-refractivity contribution >= 4 is 17.7 Å². The third kappa shape index (κ3) is 6.72. The maximum absolute atomic E-state index is 12.6. The van der Waals surface area contributed by atoms with Gasteiger partial charge in [0.15, 0.2) is 0 Å². The first-order valence-electron chi connectivity index (χ1n) is 11.5. The number of rotatable bonds is 8. The molecule has 4 rings (SSSR count). The maximum Gasteiger partial charge on any atom is 0.251 e. The molecular weight excluding hydrogens is 412 g/mol. The molecule has 3 aromatic rings. The van der Waals surface area contributed by atoms with Gasteiger partial charge in [-0.1, -0.05) is 60.5 Å². The maximum atomic E-state index is 12.6. The van der Waals surface area contributed by atoms with Gasteiger partial charge in [0.2, 0.25) is 0 Å². The molecule has 1 aliphatic rings. The predicted molar refractivity (Wildman–Crippen MR) is 134 cm³/mol. The molecule has 1 heterocycles. The number of benzene rings is 3. The molecule has 0 aromatic heterocycles. The molecule has 3 aromatic carbocycles. The first-order valence-corrected chi connectivity index (χ1v) is 12.5. The Labute approximate surface area is 196 Å². The van der Waals surface area contributed by atoms with Crippen molar-refractivity contribution < 1.29 is 4.79 Å². The number of amides is 1. The third-order valence-electron chi connectivity index (χ3n) is 5.94. The smallest absolute Gasteiger partial charge is 0.251 e. The fraction of sp³-hybridized carbons (Fsp3) is 0.321. The van der Waals surface area contributed by atoms with E-state index in [1.807, 2.05) is 23.9 Å². The van der Waals surface area contributed by atoms with Crippen LogP contribution in [-0.2, 0) is 18.8 Å². The van der Waals surface area contributed by atoms with Gasteiger partial charge in [0, 0.05) is 29.3 Å². The zero-order chi connectivity index (χ0) is 22.2. The van der Waals surface area contributed by atoms with Crippen molar-refractivity contribution in [1.82, 2.24) is 10.2 Å². The summed E-state index contributed by atoms with van der Waals surface area (Å²) in [4.78, 5) is 16.4. The van der Waals surface area contributed by atoms with E-state index >= 15 is 0 Å². The van der Waals surface area contributed by atoms with Gasteiger partial charge >= 0.3 is 0 Å². The standard InChI is InChI=1S/C28H32N2OS/c1-22-8-14-27(15-9-22)32-21-23-10-12-26(13-11-23)28(31)29-19-24-6-5-7-25(18-24)20-30-16-3-2-4-17-30/h5-15,18H,2-4,16-17,19-21H2,1H3,(H,29,31). The van der Waals surface area contributed by atoms with E-state index in [-0.39, 0.29) is 5.91 Å². The van der Waals surface area contributed by atoms with E-state index in [9.17, 15) is 4.79 Å². The molecule has 0 aliphatic carbocycles. The first-order chi connectivity index (χ1) is 15.7. The quantitative estimate of drug-likeness (QED) is 0.420. The number of hydrogen-bond donors (Lipinski definition) is 1. The van der Waals surface area contributed by atoms with Crippen molar-refractivity contribution in [1.29, 1.82) is 0 Å². The summed E-state index contributed by atoms with van der Waals surface area (Å²) in [6.45, 7) is 6.05. The minimum absolute atomic E-state index is 0.0239. The minimum atomic E-state index is -0.0239. The van der Waals surface area contributed by atoms with E-state index in [2.05, 4.69) is 77.8 Å². The summed E-state index contributed by atoms with van der Waals surface area (Å²) < 4.78 is 0. The molecule has 1 aliphatic heterocycles. The van der Waals surface area contributed by atoms with Gasteiger partial charge in [0.05, 0.1) is 0 Å². The lowest BCUT2D eigenvalue weighted by Crippen LogP contribution is -2.29. The summed E-state index contributed by atoms with van der Waals surface area (Å²) in [5, 5.41) is 3.07. The number of carbonyl (C=O) groups excluding carboxylic acids is 1. The average molecular weight is 445 g/mol. The van der Waals surface area contributed by atoms with Crippen LogP contribution in [0.5, 0.6) is 0 Å². The van der Waals surface area contributed by atoms with Crippen LogP contribution < -0.4 is 5.32 Å². The number of piperidine rings is 1. The van der Waals surface area contributed by atoms with E-state index < -0.39 is 0 Å². The lowest BCUT2D eigenvalue weighted by molar-refractivity contribution is 0.0951. The molecule has 0 radical (unpaired) electrons. The number of thioether (sulfide) groups is 1. The zero-order valence-corrected chi connectivity index (χ0v) is 19.7.